The Hall–Kier alpha value is -2.07. The second-order valence-corrected chi connectivity index (χ2v) is 6.66. The van der Waals surface area contributed by atoms with Crippen LogP contribution in [0.1, 0.15) is 59.4 Å². The zero-order chi connectivity index (χ0) is 15.8. The van der Waals surface area contributed by atoms with Gasteiger partial charge in [0, 0.05) is 18.7 Å². The summed E-state index contributed by atoms with van der Waals surface area (Å²) in [6, 6.07) is 11.9. The molecule has 4 nitrogen and oxygen atoms in total. The fraction of sp³-hybridized carbons (Fsp3) is 0.421. The molecule has 1 fully saturated rings. The van der Waals surface area contributed by atoms with Crippen molar-refractivity contribution in [2.45, 2.75) is 50.3 Å². The van der Waals surface area contributed by atoms with Crippen LogP contribution in [0.2, 0.25) is 0 Å². The molecule has 0 aliphatic heterocycles. The highest BCUT2D eigenvalue weighted by Gasteiger charge is 2.33. The van der Waals surface area contributed by atoms with Gasteiger partial charge in [-0.25, -0.2) is 0 Å². The summed E-state index contributed by atoms with van der Waals surface area (Å²) in [6.45, 7) is 0. The molecule has 1 amide bonds. The van der Waals surface area contributed by atoms with E-state index >= 15 is 0 Å². The Morgan fingerprint density at radius 3 is 2.74 bits per heavy atom. The third kappa shape index (κ3) is 2.57. The topological polar surface area (TPSA) is 54.3 Å². The second-order valence-electron chi connectivity index (χ2n) is 6.66. The summed E-state index contributed by atoms with van der Waals surface area (Å²) < 4.78 is 2.11. The number of carbonyl (C=O) groups is 1. The number of fused-ring (bicyclic) bond motifs is 1. The molecule has 0 spiro atoms. The lowest BCUT2D eigenvalue weighted by Gasteiger charge is -2.20. The lowest BCUT2D eigenvalue weighted by Crippen LogP contribution is -2.35. The van der Waals surface area contributed by atoms with E-state index in [9.17, 15) is 9.90 Å². The van der Waals surface area contributed by atoms with E-state index in [0.717, 1.165) is 24.0 Å². The standard InChI is InChI=1S/C19H22N2O2/c22-17-12-13-6-1-4-9-15(13)18(17)20-19(23)16-10-5-11-21(16)14-7-2-3-8-14/h1,4-6,9-11,14,17-18,22H,2-3,7-8,12H2,(H,20,23). The Morgan fingerprint density at radius 2 is 1.91 bits per heavy atom. The fourth-order valence-electron chi connectivity index (χ4n) is 4.05. The number of aromatic nitrogens is 1. The minimum Gasteiger partial charge on any atom is -0.390 e. The van der Waals surface area contributed by atoms with Crippen LogP contribution in [0.25, 0.3) is 0 Å². The second kappa shape index (κ2) is 5.85. The van der Waals surface area contributed by atoms with E-state index in [1.54, 1.807) is 0 Å². The lowest BCUT2D eigenvalue weighted by atomic mass is 10.1. The molecule has 2 atom stereocenters. The normalized spacial score (nSPS) is 23.9. The molecule has 2 aromatic rings. The highest BCUT2D eigenvalue weighted by molar-refractivity contribution is 5.93. The molecular weight excluding hydrogens is 288 g/mol. The van der Waals surface area contributed by atoms with Gasteiger partial charge in [-0.15, -0.1) is 0 Å². The molecule has 1 heterocycles. The van der Waals surface area contributed by atoms with E-state index in [2.05, 4.69) is 9.88 Å². The smallest absolute Gasteiger partial charge is 0.268 e. The van der Waals surface area contributed by atoms with Gasteiger partial charge in [-0.3, -0.25) is 4.79 Å². The van der Waals surface area contributed by atoms with E-state index in [0.29, 0.717) is 18.2 Å². The van der Waals surface area contributed by atoms with Gasteiger partial charge >= 0.3 is 0 Å². The first-order valence-corrected chi connectivity index (χ1v) is 8.47. The summed E-state index contributed by atoms with van der Waals surface area (Å²) in [5.41, 5.74) is 2.86. The quantitative estimate of drug-likeness (QED) is 0.915. The largest absolute Gasteiger partial charge is 0.390 e. The molecule has 120 valence electrons. The van der Waals surface area contributed by atoms with Crippen LogP contribution in [0.3, 0.4) is 0 Å². The Bertz CT molecular complexity index is 716. The maximum absolute atomic E-state index is 12.8. The zero-order valence-corrected chi connectivity index (χ0v) is 13.1. The Labute approximate surface area is 136 Å². The van der Waals surface area contributed by atoms with Gasteiger partial charge in [-0.2, -0.15) is 0 Å². The molecule has 2 aliphatic rings. The van der Waals surface area contributed by atoms with Gasteiger partial charge in [0.25, 0.3) is 5.91 Å². The summed E-state index contributed by atoms with van der Waals surface area (Å²) in [5, 5.41) is 13.4. The highest BCUT2D eigenvalue weighted by Crippen LogP contribution is 2.33. The van der Waals surface area contributed by atoms with E-state index in [1.165, 1.54) is 12.8 Å². The SMILES string of the molecule is O=C(NC1c2ccccc2CC1O)c1cccn1C1CCCC1. The van der Waals surface area contributed by atoms with Gasteiger partial charge in [0.05, 0.1) is 12.1 Å². The third-order valence-electron chi connectivity index (χ3n) is 5.22. The summed E-state index contributed by atoms with van der Waals surface area (Å²) in [4.78, 5) is 12.8. The van der Waals surface area contributed by atoms with Gasteiger partial charge in [0.1, 0.15) is 5.69 Å². The van der Waals surface area contributed by atoms with E-state index in [1.807, 2.05) is 42.6 Å². The molecule has 1 saturated carbocycles. The first-order chi connectivity index (χ1) is 11.2. The molecule has 4 heteroatoms. The molecule has 0 saturated heterocycles. The van der Waals surface area contributed by atoms with Crippen molar-refractivity contribution in [2.24, 2.45) is 0 Å². The number of hydrogen-bond donors (Lipinski definition) is 2. The first-order valence-electron chi connectivity index (χ1n) is 8.47. The van der Waals surface area contributed by atoms with Gasteiger partial charge in [0.2, 0.25) is 0 Å². The van der Waals surface area contributed by atoms with Crippen LogP contribution < -0.4 is 5.32 Å². The number of nitrogens with one attached hydrogen (secondary N) is 1. The number of amides is 1. The predicted octanol–water partition coefficient (Wildman–Crippen LogP) is 2.99. The molecule has 1 aromatic heterocycles. The van der Waals surface area contributed by atoms with E-state index in [-0.39, 0.29) is 11.9 Å². The number of hydrogen-bond acceptors (Lipinski definition) is 2. The molecule has 0 radical (unpaired) electrons. The van der Waals surface area contributed by atoms with Crippen molar-refractivity contribution in [3.05, 3.63) is 59.4 Å². The van der Waals surface area contributed by atoms with Crippen LogP contribution in [0, 0.1) is 0 Å². The van der Waals surface area contributed by atoms with Crippen molar-refractivity contribution >= 4 is 5.91 Å². The zero-order valence-electron chi connectivity index (χ0n) is 13.1. The average Bonchev–Trinajstić information content (AvgIpc) is 3.26. The van der Waals surface area contributed by atoms with Crippen LogP contribution >= 0.6 is 0 Å². The van der Waals surface area contributed by atoms with E-state index in [4.69, 9.17) is 0 Å². The number of nitrogens with zero attached hydrogens (tertiary/aromatic N) is 1. The van der Waals surface area contributed by atoms with Crippen LogP contribution in [0.15, 0.2) is 42.6 Å². The van der Waals surface area contributed by atoms with Crippen LogP contribution in [-0.4, -0.2) is 21.7 Å². The van der Waals surface area contributed by atoms with Crippen molar-refractivity contribution in [2.75, 3.05) is 0 Å². The van der Waals surface area contributed by atoms with E-state index < -0.39 is 6.10 Å². The molecule has 2 aliphatic carbocycles. The van der Waals surface area contributed by atoms with Crippen molar-refractivity contribution in [1.29, 1.82) is 0 Å². The van der Waals surface area contributed by atoms with Crippen molar-refractivity contribution in [3.8, 4) is 0 Å². The monoisotopic (exact) mass is 310 g/mol. The Morgan fingerprint density at radius 1 is 1.13 bits per heavy atom. The maximum atomic E-state index is 12.8. The summed E-state index contributed by atoms with van der Waals surface area (Å²) in [5.74, 6) is -0.0948. The number of benzene rings is 1. The Balaban J connectivity index is 1.56. The number of rotatable bonds is 3. The van der Waals surface area contributed by atoms with Crippen LogP contribution in [0.4, 0.5) is 0 Å². The van der Waals surface area contributed by atoms with Gasteiger partial charge in [0.15, 0.2) is 0 Å². The van der Waals surface area contributed by atoms with Crippen molar-refractivity contribution in [3.63, 3.8) is 0 Å². The minimum absolute atomic E-state index is 0.0948. The molecule has 2 N–H and O–H groups in total. The van der Waals surface area contributed by atoms with Gasteiger partial charge in [-0.05, 0) is 36.1 Å². The molecule has 1 aromatic carbocycles. The molecular formula is C19H22N2O2. The number of aliphatic hydroxyl groups is 1. The van der Waals surface area contributed by atoms with Gasteiger partial charge < -0.3 is 15.0 Å². The Kier molecular flexibility index (Phi) is 3.69. The predicted molar refractivity (Wildman–Crippen MR) is 88.3 cm³/mol. The molecule has 0 bridgehead atoms. The van der Waals surface area contributed by atoms with Crippen LogP contribution in [-0.2, 0) is 6.42 Å². The van der Waals surface area contributed by atoms with Crippen molar-refractivity contribution < 1.29 is 9.90 Å². The van der Waals surface area contributed by atoms with Crippen molar-refractivity contribution in [1.82, 2.24) is 9.88 Å². The lowest BCUT2D eigenvalue weighted by molar-refractivity contribution is 0.0847. The molecule has 2 unspecified atom stereocenters. The van der Waals surface area contributed by atoms with Crippen LogP contribution in [0.5, 0.6) is 0 Å². The molecule has 23 heavy (non-hydrogen) atoms. The maximum Gasteiger partial charge on any atom is 0.268 e. The average molecular weight is 310 g/mol. The molecule has 4 rings (SSSR count). The third-order valence-corrected chi connectivity index (χ3v) is 5.22. The van der Waals surface area contributed by atoms with Gasteiger partial charge in [-0.1, -0.05) is 37.1 Å². The fourth-order valence-corrected chi connectivity index (χ4v) is 4.05. The number of aliphatic hydroxyl groups excluding tert-OH is 1. The summed E-state index contributed by atoms with van der Waals surface area (Å²) in [7, 11) is 0. The minimum atomic E-state index is -0.550. The summed E-state index contributed by atoms with van der Waals surface area (Å²) >= 11 is 0. The highest BCUT2D eigenvalue weighted by atomic mass is 16.3. The first kappa shape index (κ1) is 14.5. The summed E-state index contributed by atoms with van der Waals surface area (Å²) in [6.07, 6.45) is 6.81. The number of carbonyl (C=O) groups excluding carboxylic acids is 1.